The number of rotatable bonds is 3. The fourth-order valence-corrected chi connectivity index (χ4v) is 4.38. The van der Waals surface area contributed by atoms with Crippen molar-refractivity contribution in [3.63, 3.8) is 0 Å². The average Bonchev–Trinajstić information content (AvgIpc) is 2.63. The lowest BCUT2D eigenvalue weighted by molar-refractivity contribution is 0.523. The number of thiophene rings is 1. The average molecular weight is 476 g/mol. The third-order valence-corrected chi connectivity index (χ3v) is 6.35. The van der Waals surface area contributed by atoms with Gasteiger partial charge in [0.05, 0.1) is 9.83 Å². The third kappa shape index (κ3) is 3.26. The van der Waals surface area contributed by atoms with Gasteiger partial charge in [0.25, 0.3) is 0 Å². The molecule has 0 amide bonds. The predicted molar refractivity (Wildman–Crippen MR) is 84.7 cm³/mol. The van der Waals surface area contributed by atoms with Crippen LogP contribution in [-0.2, 0) is 0 Å². The molecule has 1 nitrogen and oxygen atoms in total. The van der Waals surface area contributed by atoms with E-state index in [1.165, 1.54) is 23.5 Å². The smallest absolute Gasteiger partial charge is 0.132 e. The van der Waals surface area contributed by atoms with Crippen LogP contribution in [0.2, 0.25) is 0 Å². The van der Waals surface area contributed by atoms with E-state index in [0.717, 1.165) is 13.1 Å². The normalized spacial score (nSPS) is 12.7. The molecule has 1 heterocycles. The van der Waals surface area contributed by atoms with E-state index >= 15 is 0 Å². The Morgan fingerprint density at radius 2 is 1.68 bits per heavy atom. The van der Waals surface area contributed by atoms with Gasteiger partial charge in [-0.15, -0.1) is 11.3 Å². The van der Waals surface area contributed by atoms with Crippen molar-refractivity contribution in [1.82, 2.24) is 5.32 Å². The summed E-state index contributed by atoms with van der Waals surface area (Å²) in [6.07, 6.45) is 0. The van der Waals surface area contributed by atoms with Gasteiger partial charge in [-0.05, 0) is 57.1 Å². The lowest BCUT2D eigenvalue weighted by atomic mass is 10.0. The van der Waals surface area contributed by atoms with Crippen molar-refractivity contribution in [2.75, 3.05) is 7.05 Å². The molecule has 1 unspecified atom stereocenters. The van der Waals surface area contributed by atoms with Crippen LogP contribution in [0.15, 0.2) is 30.9 Å². The Bertz CT molecular complexity index is 573. The van der Waals surface area contributed by atoms with E-state index in [2.05, 4.69) is 53.1 Å². The predicted octanol–water partition coefficient (Wildman–Crippen LogP) is 5.62. The highest BCUT2D eigenvalue weighted by atomic mass is 79.9. The number of hydrogen-bond donors (Lipinski definition) is 1. The summed E-state index contributed by atoms with van der Waals surface area (Å²) in [6, 6.07) is 3.85. The molecule has 1 aromatic heterocycles. The van der Waals surface area contributed by atoms with Gasteiger partial charge < -0.3 is 5.32 Å². The molecule has 0 aliphatic heterocycles. The Hall–Kier alpha value is 0.180. The Labute approximate surface area is 138 Å². The van der Waals surface area contributed by atoms with Gasteiger partial charge >= 0.3 is 0 Å². The zero-order valence-corrected chi connectivity index (χ0v) is 15.2. The van der Waals surface area contributed by atoms with Crippen molar-refractivity contribution in [3.8, 4) is 0 Å². The zero-order chi connectivity index (χ0) is 14.2. The summed E-state index contributed by atoms with van der Waals surface area (Å²) in [4.78, 5) is 0.821. The molecule has 2 aromatic rings. The lowest BCUT2D eigenvalue weighted by Crippen LogP contribution is -2.19. The lowest BCUT2D eigenvalue weighted by Gasteiger charge is -2.17. The first-order chi connectivity index (χ1) is 8.93. The maximum absolute atomic E-state index is 14.0. The Kier molecular flexibility index (Phi) is 5.16. The maximum Gasteiger partial charge on any atom is 0.132 e. The largest absolute Gasteiger partial charge is 0.308 e. The van der Waals surface area contributed by atoms with Crippen molar-refractivity contribution >= 4 is 59.1 Å². The highest BCUT2D eigenvalue weighted by Gasteiger charge is 2.23. The van der Waals surface area contributed by atoms with Crippen LogP contribution in [0, 0.1) is 11.6 Å². The minimum atomic E-state index is -0.577. The van der Waals surface area contributed by atoms with Gasteiger partial charge in [-0.3, -0.25) is 0 Å². The molecule has 102 valence electrons. The highest BCUT2D eigenvalue weighted by Crippen LogP contribution is 2.39. The summed E-state index contributed by atoms with van der Waals surface area (Å²) >= 11 is 11.3. The van der Waals surface area contributed by atoms with Crippen molar-refractivity contribution in [3.05, 3.63) is 53.0 Å². The number of nitrogens with one attached hydrogen (secondary N) is 1. The standard InChI is InChI=1S/C12H8Br3F2NS/c1-18-11(9-4-6(14)12(15)19-9)10-7(16)2-5(13)3-8(10)17/h2-4,11,18H,1H3. The minimum Gasteiger partial charge on any atom is -0.308 e. The van der Waals surface area contributed by atoms with Crippen LogP contribution >= 0.6 is 59.1 Å². The molecule has 1 aromatic carbocycles. The molecule has 1 N–H and O–H groups in total. The van der Waals surface area contributed by atoms with E-state index in [1.54, 1.807) is 7.05 Å². The van der Waals surface area contributed by atoms with Gasteiger partial charge in [0.1, 0.15) is 11.6 Å². The van der Waals surface area contributed by atoms with Crippen molar-refractivity contribution in [1.29, 1.82) is 0 Å². The number of halogens is 5. The van der Waals surface area contributed by atoms with Gasteiger partial charge in [0, 0.05) is 19.4 Å². The van der Waals surface area contributed by atoms with Crippen LogP contribution in [0.25, 0.3) is 0 Å². The van der Waals surface area contributed by atoms with Gasteiger partial charge in [-0.25, -0.2) is 8.78 Å². The van der Waals surface area contributed by atoms with Crippen LogP contribution in [0.4, 0.5) is 8.78 Å². The first kappa shape index (κ1) is 15.6. The highest BCUT2D eigenvalue weighted by molar-refractivity contribution is 9.13. The fourth-order valence-electron chi connectivity index (χ4n) is 1.76. The molecule has 1 atom stereocenters. The van der Waals surface area contributed by atoms with E-state index in [9.17, 15) is 8.78 Å². The fraction of sp³-hybridized carbons (Fsp3) is 0.167. The molecule has 0 aliphatic carbocycles. The topological polar surface area (TPSA) is 12.0 Å². The molecule has 0 aliphatic rings. The number of hydrogen-bond acceptors (Lipinski definition) is 2. The van der Waals surface area contributed by atoms with Gasteiger partial charge in [-0.1, -0.05) is 15.9 Å². The Morgan fingerprint density at radius 3 is 2.11 bits per heavy atom. The molecular formula is C12H8Br3F2NS. The first-order valence-corrected chi connectivity index (χ1v) is 8.40. The van der Waals surface area contributed by atoms with Crippen LogP contribution in [0.1, 0.15) is 16.5 Å². The van der Waals surface area contributed by atoms with E-state index in [0.29, 0.717) is 4.47 Å². The quantitative estimate of drug-likeness (QED) is 0.607. The molecule has 0 fully saturated rings. The summed E-state index contributed by atoms with van der Waals surface area (Å²) in [5, 5.41) is 2.95. The van der Waals surface area contributed by atoms with Crippen LogP contribution in [0.3, 0.4) is 0 Å². The summed E-state index contributed by atoms with van der Waals surface area (Å²) in [7, 11) is 1.67. The molecule has 7 heteroatoms. The van der Waals surface area contributed by atoms with E-state index in [-0.39, 0.29) is 5.56 Å². The first-order valence-electron chi connectivity index (χ1n) is 5.20. The molecule has 2 rings (SSSR count). The summed E-state index contributed by atoms with van der Waals surface area (Å²) < 4.78 is 30.2. The number of benzene rings is 1. The maximum atomic E-state index is 14.0. The third-order valence-electron chi connectivity index (χ3n) is 2.57. The molecule has 19 heavy (non-hydrogen) atoms. The second kappa shape index (κ2) is 6.30. The van der Waals surface area contributed by atoms with E-state index < -0.39 is 17.7 Å². The van der Waals surface area contributed by atoms with Gasteiger partial charge in [0.15, 0.2) is 0 Å². The molecular weight excluding hydrogens is 468 g/mol. The van der Waals surface area contributed by atoms with E-state index in [1.807, 2.05) is 6.07 Å². The van der Waals surface area contributed by atoms with Crippen molar-refractivity contribution < 1.29 is 8.78 Å². The van der Waals surface area contributed by atoms with Gasteiger partial charge in [0.2, 0.25) is 0 Å². The molecule has 0 spiro atoms. The second-order valence-electron chi connectivity index (χ2n) is 3.78. The zero-order valence-electron chi connectivity index (χ0n) is 9.61. The van der Waals surface area contributed by atoms with Crippen molar-refractivity contribution in [2.45, 2.75) is 6.04 Å². The van der Waals surface area contributed by atoms with Crippen LogP contribution in [0.5, 0.6) is 0 Å². The SMILES string of the molecule is CNC(c1cc(Br)c(Br)s1)c1c(F)cc(Br)cc1F. The summed E-state index contributed by atoms with van der Waals surface area (Å²) in [5.41, 5.74) is 0.0203. The molecule has 0 saturated heterocycles. The molecule has 0 radical (unpaired) electrons. The molecule has 0 saturated carbocycles. The van der Waals surface area contributed by atoms with Crippen molar-refractivity contribution in [2.24, 2.45) is 0 Å². The van der Waals surface area contributed by atoms with Gasteiger partial charge in [-0.2, -0.15) is 0 Å². The monoisotopic (exact) mass is 473 g/mol. The van der Waals surface area contributed by atoms with Crippen LogP contribution in [-0.4, -0.2) is 7.05 Å². The van der Waals surface area contributed by atoms with Crippen LogP contribution < -0.4 is 5.32 Å². The second-order valence-corrected chi connectivity index (χ2v) is 7.95. The summed E-state index contributed by atoms with van der Waals surface area (Å²) in [6.45, 7) is 0. The summed E-state index contributed by atoms with van der Waals surface area (Å²) in [5.74, 6) is -1.15. The minimum absolute atomic E-state index is 0.0203. The Balaban J connectivity index is 2.54. The molecule has 0 bridgehead atoms. The Morgan fingerprint density at radius 1 is 1.11 bits per heavy atom. The van der Waals surface area contributed by atoms with E-state index in [4.69, 9.17) is 0 Å².